The summed E-state index contributed by atoms with van der Waals surface area (Å²) < 4.78 is 10.4. The average Bonchev–Trinajstić information content (AvgIpc) is 2.46. The van der Waals surface area contributed by atoms with Crippen LogP contribution in [0.5, 0.6) is 11.5 Å². The summed E-state index contributed by atoms with van der Waals surface area (Å²) >= 11 is 0. The number of benzene rings is 2. The minimum absolute atomic E-state index is 0.210. The lowest BCUT2D eigenvalue weighted by Gasteiger charge is -2.11. The van der Waals surface area contributed by atoms with Crippen molar-refractivity contribution in [3.05, 3.63) is 47.5 Å². The molecule has 0 saturated carbocycles. The molecule has 0 amide bonds. The Kier molecular flexibility index (Phi) is 3.79. The molecule has 2 rings (SSSR count). The van der Waals surface area contributed by atoms with Gasteiger partial charge in [0.1, 0.15) is 11.5 Å². The molecule has 2 aromatic rings. The van der Waals surface area contributed by atoms with Crippen LogP contribution in [0.15, 0.2) is 36.4 Å². The molecule has 0 aliphatic carbocycles. The molecule has 0 bridgehead atoms. The standard InChI is InChI=1S/C15H16N2O3/c1-19-13-7-9(16)3-5-11(13)15(18)12-6-4-10(17)8-14(12)20-2/h3-8H,16-17H2,1-2H3. The molecule has 0 spiro atoms. The second-order valence-electron chi connectivity index (χ2n) is 4.25. The van der Waals surface area contributed by atoms with E-state index in [1.807, 2.05) is 0 Å². The topological polar surface area (TPSA) is 87.6 Å². The lowest BCUT2D eigenvalue weighted by Crippen LogP contribution is -2.07. The maximum absolute atomic E-state index is 12.6. The number of nitrogens with two attached hydrogens (primary N) is 2. The first-order valence-electron chi connectivity index (χ1n) is 5.98. The summed E-state index contributed by atoms with van der Waals surface area (Å²) in [7, 11) is 2.98. The first-order chi connectivity index (χ1) is 9.56. The number of methoxy groups -OCH3 is 2. The third-order valence-electron chi connectivity index (χ3n) is 2.94. The van der Waals surface area contributed by atoms with Gasteiger partial charge in [-0.15, -0.1) is 0 Å². The highest BCUT2D eigenvalue weighted by Gasteiger charge is 2.18. The number of hydrogen-bond donors (Lipinski definition) is 2. The zero-order valence-electron chi connectivity index (χ0n) is 11.3. The Morgan fingerprint density at radius 1 is 0.850 bits per heavy atom. The molecule has 104 valence electrons. The van der Waals surface area contributed by atoms with Gasteiger partial charge in [0.25, 0.3) is 0 Å². The van der Waals surface area contributed by atoms with E-state index in [0.29, 0.717) is 34.0 Å². The third-order valence-corrected chi connectivity index (χ3v) is 2.94. The number of nitrogen functional groups attached to an aromatic ring is 2. The van der Waals surface area contributed by atoms with Crippen LogP contribution in [0.25, 0.3) is 0 Å². The van der Waals surface area contributed by atoms with Crippen LogP contribution in [0.1, 0.15) is 15.9 Å². The quantitative estimate of drug-likeness (QED) is 0.657. The van der Waals surface area contributed by atoms with Gasteiger partial charge in [0.2, 0.25) is 0 Å². The van der Waals surface area contributed by atoms with E-state index in [1.165, 1.54) is 14.2 Å². The van der Waals surface area contributed by atoms with Gasteiger partial charge in [-0.05, 0) is 24.3 Å². The Bertz CT molecular complexity index is 598. The zero-order valence-corrected chi connectivity index (χ0v) is 11.3. The second kappa shape index (κ2) is 5.52. The summed E-state index contributed by atoms with van der Waals surface area (Å²) in [5, 5.41) is 0. The van der Waals surface area contributed by atoms with Crippen molar-refractivity contribution in [1.29, 1.82) is 0 Å². The molecule has 0 fully saturated rings. The van der Waals surface area contributed by atoms with E-state index in [2.05, 4.69) is 0 Å². The molecule has 4 N–H and O–H groups in total. The van der Waals surface area contributed by atoms with E-state index in [9.17, 15) is 4.79 Å². The van der Waals surface area contributed by atoms with Crippen LogP contribution in [0.3, 0.4) is 0 Å². The number of ketones is 1. The van der Waals surface area contributed by atoms with Crippen molar-refractivity contribution in [2.45, 2.75) is 0 Å². The van der Waals surface area contributed by atoms with Crippen LogP contribution in [0.4, 0.5) is 11.4 Å². The zero-order chi connectivity index (χ0) is 14.7. The molecule has 0 atom stereocenters. The molecule has 0 saturated heterocycles. The molecule has 5 nitrogen and oxygen atoms in total. The monoisotopic (exact) mass is 272 g/mol. The number of hydrogen-bond acceptors (Lipinski definition) is 5. The van der Waals surface area contributed by atoms with Gasteiger partial charge in [-0.1, -0.05) is 0 Å². The van der Waals surface area contributed by atoms with Crippen molar-refractivity contribution >= 4 is 17.2 Å². The lowest BCUT2D eigenvalue weighted by atomic mass is 10.0. The van der Waals surface area contributed by atoms with Gasteiger partial charge < -0.3 is 20.9 Å². The number of carbonyl (C=O) groups is 1. The minimum atomic E-state index is -0.210. The maximum atomic E-state index is 12.6. The molecule has 0 radical (unpaired) electrons. The van der Waals surface area contributed by atoms with E-state index < -0.39 is 0 Å². The highest BCUT2D eigenvalue weighted by Crippen LogP contribution is 2.29. The maximum Gasteiger partial charge on any atom is 0.200 e. The Morgan fingerprint density at radius 2 is 1.25 bits per heavy atom. The summed E-state index contributed by atoms with van der Waals surface area (Å²) in [5.41, 5.74) is 13.3. The van der Waals surface area contributed by atoms with Gasteiger partial charge in [0.05, 0.1) is 25.3 Å². The molecule has 5 heteroatoms. The molecule has 20 heavy (non-hydrogen) atoms. The van der Waals surface area contributed by atoms with Gasteiger partial charge in [0, 0.05) is 23.5 Å². The van der Waals surface area contributed by atoms with Gasteiger partial charge in [-0.2, -0.15) is 0 Å². The Hall–Kier alpha value is -2.69. The van der Waals surface area contributed by atoms with E-state index >= 15 is 0 Å². The van der Waals surface area contributed by atoms with Crippen LogP contribution in [0, 0.1) is 0 Å². The number of carbonyl (C=O) groups excluding carboxylic acids is 1. The number of ether oxygens (including phenoxy) is 2. The van der Waals surface area contributed by atoms with Crippen molar-refractivity contribution in [2.24, 2.45) is 0 Å². The van der Waals surface area contributed by atoms with Crippen molar-refractivity contribution in [3.63, 3.8) is 0 Å². The fraction of sp³-hybridized carbons (Fsp3) is 0.133. The normalized spacial score (nSPS) is 10.1. The summed E-state index contributed by atoms with van der Waals surface area (Å²) in [5.74, 6) is 0.640. The summed E-state index contributed by atoms with van der Waals surface area (Å²) in [6, 6.07) is 9.78. The van der Waals surface area contributed by atoms with Gasteiger partial charge in [-0.25, -0.2) is 0 Å². The average molecular weight is 272 g/mol. The van der Waals surface area contributed by atoms with Gasteiger partial charge in [0.15, 0.2) is 5.78 Å². The molecule has 0 aromatic heterocycles. The molecule has 0 aliphatic heterocycles. The fourth-order valence-electron chi connectivity index (χ4n) is 1.94. The molecular formula is C15H16N2O3. The molecule has 0 unspecified atom stereocenters. The fourth-order valence-corrected chi connectivity index (χ4v) is 1.94. The number of anilines is 2. The van der Waals surface area contributed by atoms with Crippen LogP contribution in [-0.2, 0) is 0 Å². The predicted molar refractivity (Wildman–Crippen MR) is 78.2 cm³/mol. The van der Waals surface area contributed by atoms with Crippen molar-refractivity contribution in [3.8, 4) is 11.5 Å². The van der Waals surface area contributed by atoms with Crippen LogP contribution >= 0.6 is 0 Å². The Labute approximate surface area is 117 Å². The van der Waals surface area contributed by atoms with E-state index in [1.54, 1.807) is 36.4 Å². The van der Waals surface area contributed by atoms with Crippen LogP contribution in [-0.4, -0.2) is 20.0 Å². The Morgan fingerprint density at radius 3 is 1.60 bits per heavy atom. The van der Waals surface area contributed by atoms with Crippen molar-refractivity contribution < 1.29 is 14.3 Å². The van der Waals surface area contributed by atoms with Crippen molar-refractivity contribution in [1.82, 2.24) is 0 Å². The first kappa shape index (κ1) is 13.7. The highest BCUT2D eigenvalue weighted by molar-refractivity contribution is 6.12. The smallest absolute Gasteiger partial charge is 0.200 e. The second-order valence-corrected chi connectivity index (χ2v) is 4.25. The van der Waals surface area contributed by atoms with Gasteiger partial charge in [-0.3, -0.25) is 4.79 Å². The summed E-state index contributed by atoms with van der Waals surface area (Å²) in [6.07, 6.45) is 0. The molecule has 0 aliphatic rings. The lowest BCUT2D eigenvalue weighted by molar-refractivity contribution is 0.103. The highest BCUT2D eigenvalue weighted by atomic mass is 16.5. The molecule has 2 aromatic carbocycles. The van der Waals surface area contributed by atoms with Crippen LogP contribution in [0.2, 0.25) is 0 Å². The first-order valence-corrected chi connectivity index (χ1v) is 5.98. The third kappa shape index (κ3) is 2.51. The summed E-state index contributed by atoms with van der Waals surface area (Å²) in [4.78, 5) is 12.6. The Balaban J connectivity index is 2.51. The SMILES string of the molecule is COc1cc(N)ccc1C(=O)c1ccc(N)cc1OC. The van der Waals surface area contributed by atoms with E-state index in [4.69, 9.17) is 20.9 Å². The summed E-state index contributed by atoms with van der Waals surface area (Å²) in [6.45, 7) is 0. The minimum Gasteiger partial charge on any atom is -0.496 e. The molecular weight excluding hydrogens is 256 g/mol. The largest absolute Gasteiger partial charge is 0.496 e. The predicted octanol–water partition coefficient (Wildman–Crippen LogP) is 2.10. The van der Waals surface area contributed by atoms with Crippen LogP contribution < -0.4 is 20.9 Å². The van der Waals surface area contributed by atoms with E-state index in [0.717, 1.165) is 0 Å². The van der Waals surface area contributed by atoms with Gasteiger partial charge >= 0.3 is 0 Å². The number of rotatable bonds is 4. The molecule has 0 heterocycles. The van der Waals surface area contributed by atoms with Crippen molar-refractivity contribution in [2.75, 3.05) is 25.7 Å². The van der Waals surface area contributed by atoms with E-state index in [-0.39, 0.29) is 5.78 Å².